The molecule has 25 heavy (non-hydrogen) atoms. The molecule has 0 fully saturated rings. The Kier molecular flexibility index (Phi) is 4.76. The fourth-order valence-electron chi connectivity index (χ4n) is 2.09. The number of nitrogens with zero attached hydrogens (tertiary/aromatic N) is 2. The van der Waals surface area contributed by atoms with E-state index in [9.17, 15) is 14.9 Å². The second-order valence-electron chi connectivity index (χ2n) is 4.90. The highest BCUT2D eigenvalue weighted by Gasteiger charge is 2.27. The Morgan fingerprint density at radius 2 is 1.88 bits per heavy atom. The number of cyclic esters (lactones) is 1. The quantitative estimate of drug-likeness (QED) is 0.319. The van der Waals surface area contributed by atoms with Crippen molar-refractivity contribution in [2.45, 2.75) is 0 Å². The highest BCUT2D eigenvalue weighted by atomic mass is 35.5. The van der Waals surface area contributed by atoms with E-state index in [0.717, 1.165) is 0 Å². The first-order valence-corrected chi connectivity index (χ1v) is 7.91. The number of carbonyl (C=O) groups is 1. The molecule has 9 heteroatoms. The summed E-state index contributed by atoms with van der Waals surface area (Å²) in [4.78, 5) is 26.4. The van der Waals surface area contributed by atoms with Crippen LogP contribution in [0.2, 0.25) is 15.1 Å². The number of ether oxygens (including phenoxy) is 1. The molecule has 0 N–H and O–H groups in total. The van der Waals surface area contributed by atoms with Crippen LogP contribution in [0.3, 0.4) is 0 Å². The van der Waals surface area contributed by atoms with Gasteiger partial charge >= 0.3 is 5.97 Å². The molecule has 0 saturated heterocycles. The van der Waals surface area contributed by atoms with Crippen LogP contribution in [-0.4, -0.2) is 16.8 Å². The minimum Gasteiger partial charge on any atom is -0.402 e. The van der Waals surface area contributed by atoms with Gasteiger partial charge in [-0.3, -0.25) is 10.1 Å². The van der Waals surface area contributed by atoms with Gasteiger partial charge in [-0.05, 0) is 23.8 Å². The van der Waals surface area contributed by atoms with E-state index in [4.69, 9.17) is 39.5 Å². The molecule has 0 aliphatic carbocycles. The fraction of sp³-hybridized carbons (Fsp3) is 0. The molecule has 1 heterocycles. The van der Waals surface area contributed by atoms with E-state index in [1.807, 2.05) is 0 Å². The zero-order valence-corrected chi connectivity index (χ0v) is 14.5. The van der Waals surface area contributed by atoms with Gasteiger partial charge in [-0.25, -0.2) is 9.79 Å². The van der Waals surface area contributed by atoms with Crippen LogP contribution < -0.4 is 0 Å². The van der Waals surface area contributed by atoms with E-state index in [-0.39, 0.29) is 32.9 Å². The Labute approximate surface area is 156 Å². The maximum atomic E-state index is 12.0. The number of benzene rings is 2. The number of carbonyl (C=O) groups excluding carboxylic acids is 1. The summed E-state index contributed by atoms with van der Waals surface area (Å²) in [6.07, 6.45) is 1.41. The summed E-state index contributed by atoms with van der Waals surface area (Å²) in [5, 5.41) is 11.7. The van der Waals surface area contributed by atoms with Crippen LogP contribution in [0.5, 0.6) is 0 Å². The molecule has 6 nitrogen and oxygen atoms in total. The lowest BCUT2D eigenvalue weighted by Crippen LogP contribution is -2.06. The molecule has 0 spiro atoms. The number of aliphatic imine (C=N–C) groups is 1. The summed E-state index contributed by atoms with van der Waals surface area (Å²) in [5.74, 6) is -0.850. The van der Waals surface area contributed by atoms with Gasteiger partial charge in [0.2, 0.25) is 5.90 Å². The Morgan fingerprint density at radius 3 is 2.60 bits per heavy atom. The molecule has 0 saturated carbocycles. The van der Waals surface area contributed by atoms with Gasteiger partial charge in [-0.15, -0.1) is 0 Å². The molecule has 2 aromatic rings. The van der Waals surface area contributed by atoms with Crippen LogP contribution in [0.1, 0.15) is 11.1 Å². The Morgan fingerprint density at radius 1 is 1.12 bits per heavy atom. The average molecular weight is 398 g/mol. The number of esters is 1. The molecule has 0 bridgehead atoms. The zero-order chi connectivity index (χ0) is 18.1. The maximum Gasteiger partial charge on any atom is 0.363 e. The van der Waals surface area contributed by atoms with Crippen molar-refractivity contribution in [3.05, 3.63) is 78.4 Å². The SMILES string of the molecule is O=C1OC(c2cc([N+](=O)[O-])ccc2Cl)=N/C1=C\c1cccc(Cl)c1Cl. The van der Waals surface area contributed by atoms with Crippen molar-refractivity contribution in [2.24, 2.45) is 4.99 Å². The van der Waals surface area contributed by atoms with Gasteiger partial charge in [0.25, 0.3) is 5.69 Å². The number of hydrogen-bond donors (Lipinski definition) is 0. The van der Waals surface area contributed by atoms with Crippen molar-refractivity contribution in [1.29, 1.82) is 0 Å². The predicted octanol–water partition coefficient (Wildman–Crippen LogP) is 4.90. The van der Waals surface area contributed by atoms with Crippen LogP contribution >= 0.6 is 34.8 Å². The van der Waals surface area contributed by atoms with E-state index in [1.165, 1.54) is 24.3 Å². The largest absolute Gasteiger partial charge is 0.402 e. The Bertz CT molecular complexity index is 970. The first-order valence-electron chi connectivity index (χ1n) is 6.77. The third-order valence-electron chi connectivity index (χ3n) is 3.29. The first-order chi connectivity index (χ1) is 11.9. The molecular weight excluding hydrogens is 391 g/mol. The number of nitro groups is 1. The molecule has 0 aromatic heterocycles. The average Bonchev–Trinajstić information content (AvgIpc) is 2.92. The summed E-state index contributed by atoms with van der Waals surface area (Å²) >= 11 is 18.0. The summed E-state index contributed by atoms with van der Waals surface area (Å²) in [6.45, 7) is 0. The maximum absolute atomic E-state index is 12.0. The first kappa shape index (κ1) is 17.4. The van der Waals surface area contributed by atoms with E-state index in [0.29, 0.717) is 10.6 Å². The van der Waals surface area contributed by atoms with Gasteiger partial charge in [0.05, 0.1) is 25.6 Å². The summed E-state index contributed by atoms with van der Waals surface area (Å²) in [6, 6.07) is 8.69. The third kappa shape index (κ3) is 3.51. The molecular formula is C16H7Cl3N2O4. The van der Waals surface area contributed by atoms with Crippen molar-refractivity contribution < 1.29 is 14.5 Å². The topological polar surface area (TPSA) is 81.8 Å². The molecule has 2 aromatic carbocycles. The highest BCUT2D eigenvalue weighted by Crippen LogP contribution is 2.30. The highest BCUT2D eigenvalue weighted by molar-refractivity contribution is 6.43. The Hall–Kier alpha value is -2.41. The summed E-state index contributed by atoms with van der Waals surface area (Å²) in [7, 11) is 0. The number of non-ortho nitro benzene ring substituents is 1. The minimum atomic E-state index is -0.728. The summed E-state index contributed by atoms with van der Waals surface area (Å²) in [5.41, 5.74) is 0.399. The van der Waals surface area contributed by atoms with Gasteiger partial charge in [0.15, 0.2) is 5.70 Å². The fourth-order valence-corrected chi connectivity index (χ4v) is 2.66. The molecule has 1 aliphatic rings. The van der Waals surface area contributed by atoms with Gasteiger partial charge in [0, 0.05) is 12.1 Å². The van der Waals surface area contributed by atoms with E-state index in [1.54, 1.807) is 18.2 Å². The minimum absolute atomic E-state index is 0.0262. The predicted molar refractivity (Wildman–Crippen MR) is 95.2 cm³/mol. The van der Waals surface area contributed by atoms with Crippen LogP contribution in [0.15, 0.2) is 47.1 Å². The molecule has 0 radical (unpaired) electrons. The van der Waals surface area contributed by atoms with Crippen molar-refractivity contribution in [3.8, 4) is 0 Å². The summed E-state index contributed by atoms with van der Waals surface area (Å²) < 4.78 is 5.08. The zero-order valence-electron chi connectivity index (χ0n) is 12.2. The van der Waals surface area contributed by atoms with Crippen molar-refractivity contribution in [2.75, 3.05) is 0 Å². The van der Waals surface area contributed by atoms with Crippen molar-refractivity contribution >= 4 is 58.4 Å². The second-order valence-corrected chi connectivity index (χ2v) is 6.09. The normalized spacial score (nSPS) is 15.2. The molecule has 0 atom stereocenters. The van der Waals surface area contributed by atoms with E-state index >= 15 is 0 Å². The lowest BCUT2D eigenvalue weighted by atomic mass is 10.2. The van der Waals surface area contributed by atoms with Gasteiger partial charge in [0.1, 0.15) is 0 Å². The number of nitro benzene ring substituents is 1. The number of hydrogen-bond acceptors (Lipinski definition) is 5. The van der Waals surface area contributed by atoms with E-state index in [2.05, 4.69) is 4.99 Å². The monoisotopic (exact) mass is 396 g/mol. The van der Waals surface area contributed by atoms with Crippen LogP contribution in [0.4, 0.5) is 5.69 Å². The molecule has 126 valence electrons. The third-order valence-corrected chi connectivity index (χ3v) is 4.45. The van der Waals surface area contributed by atoms with Crippen molar-refractivity contribution in [3.63, 3.8) is 0 Å². The van der Waals surface area contributed by atoms with Crippen LogP contribution in [0.25, 0.3) is 6.08 Å². The van der Waals surface area contributed by atoms with Crippen molar-refractivity contribution in [1.82, 2.24) is 0 Å². The lowest BCUT2D eigenvalue weighted by molar-refractivity contribution is -0.384. The lowest BCUT2D eigenvalue weighted by Gasteiger charge is -2.02. The van der Waals surface area contributed by atoms with Gasteiger partial charge in [-0.2, -0.15) is 0 Å². The van der Waals surface area contributed by atoms with Crippen LogP contribution in [0, 0.1) is 10.1 Å². The second kappa shape index (κ2) is 6.84. The number of rotatable bonds is 3. The van der Waals surface area contributed by atoms with Crippen LogP contribution in [-0.2, 0) is 9.53 Å². The standard InChI is InChI=1S/C16H7Cl3N2O4/c17-11-5-4-9(21(23)24)7-10(11)15-20-13(16(22)25-15)6-8-2-1-3-12(18)14(8)19/h1-7H/b13-6-. The number of halogens is 3. The molecule has 0 amide bonds. The molecule has 0 unspecified atom stereocenters. The Balaban J connectivity index is 2.04. The van der Waals surface area contributed by atoms with Gasteiger partial charge in [-0.1, -0.05) is 46.9 Å². The molecule has 1 aliphatic heterocycles. The van der Waals surface area contributed by atoms with E-state index < -0.39 is 10.9 Å². The smallest absolute Gasteiger partial charge is 0.363 e. The van der Waals surface area contributed by atoms with Gasteiger partial charge < -0.3 is 4.74 Å². The molecule has 3 rings (SSSR count).